The van der Waals surface area contributed by atoms with E-state index in [-0.39, 0.29) is 11.9 Å². The minimum atomic E-state index is -0.104. The van der Waals surface area contributed by atoms with E-state index in [1.54, 1.807) is 22.6 Å². The highest BCUT2D eigenvalue weighted by Crippen LogP contribution is 2.18. The number of aryl methyl sites for hydroxylation is 2. The maximum Gasteiger partial charge on any atom is 0.270 e. The molecule has 1 amide bonds. The van der Waals surface area contributed by atoms with Crippen LogP contribution in [0.1, 0.15) is 60.9 Å². The third-order valence-corrected chi connectivity index (χ3v) is 3.56. The summed E-state index contributed by atoms with van der Waals surface area (Å²) in [6.07, 6.45) is 4.53. The second-order valence-corrected chi connectivity index (χ2v) is 5.61. The topological polar surface area (TPSA) is 64.7 Å². The SMILES string of the molecule is CCC(NC(=O)c1cc(C(C)C)nn1C)c1cnn(C)c1. The lowest BCUT2D eigenvalue weighted by atomic mass is 10.1. The first kappa shape index (κ1) is 15.3. The molecule has 0 aromatic carbocycles. The summed E-state index contributed by atoms with van der Waals surface area (Å²) in [4.78, 5) is 12.5. The van der Waals surface area contributed by atoms with Gasteiger partial charge in [0, 0.05) is 25.9 Å². The predicted octanol–water partition coefficient (Wildman–Crippen LogP) is 2.16. The van der Waals surface area contributed by atoms with Crippen LogP contribution in [0.3, 0.4) is 0 Å². The van der Waals surface area contributed by atoms with E-state index in [0.29, 0.717) is 11.6 Å². The molecule has 0 aliphatic carbocycles. The molecule has 0 aliphatic heterocycles. The van der Waals surface area contributed by atoms with Gasteiger partial charge in [-0.25, -0.2) is 0 Å². The van der Waals surface area contributed by atoms with Gasteiger partial charge in [0.15, 0.2) is 0 Å². The van der Waals surface area contributed by atoms with Gasteiger partial charge in [-0.05, 0) is 18.4 Å². The maximum absolute atomic E-state index is 12.5. The van der Waals surface area contributed by atoms with E-state index in [1.165, 1.54) is 0 Å². The monoisotopic (exact) mass is 289 g/mol. The van der Waals surface area contributed by atoms with Crippen LogP contribution in [-0.4, -0.2) is 25.5 Å². The molecule has 1 N–H and O–H groups in total. The number of hydrogen-bond acceptors (Lipinski definition) is 3. The summed E-state index contributed by atoms with van der Waals surface area (Å²) in [7, 11) is 3.67. The molecule has 0 bridgehead atoms. The van der Waals surface area contributed by atoms with E-state index < -0.39 is 0 Å². The molecule has 6 heteroatoms. The average Bonchev–Trinajstić information content (AvgIpc) is 3.02. The Labute approximate surface area is 125 Å². The van der Waals surface area contributed by atoms with Crippen molar-refractivity contribution in [2.24, 2.45) is 14.1 Å². The average molecular weight is 289 g/mol. The van der Waals surface area contributed by atoms with E-state index in [4.69, 9.17) is 0 Å². The highest BCUT2D eigenvalue weighted by Gasteiger charge is 2.19. The van der Waals surface area contributed by atoms with Gasteiger partial charge in [-0.2, -0.15) is 10.2 Å². The summed E-state index contributed by atoms with van der Waals surface area (Å²) >= 11 is 0. The molecular weight excluding hydrogens is 266 g/mol. The summed E-state index contributed by atoms with van der Waals surface area (Å²) in [5, 5.41) is 11.6. The molecule has 2 aromatic rings. The molecule has 21 heavy (non-hydrogen) atoms. The van der Waals surface area contributed by atoms with Gasteiger partial charge in [-0.3, -0.25) is 14.2 Å². The molecule has 0 spiro atoms. The van der Waals surface area contributed by atoms with Crippen molar-refractivity contribution in [1.29, 1.82) is 0 Å². The fraction of sp³-hybridized carbons (Fsp3) is 0.533. The van der Waals surface area contributed by atoms with Crippen LogP contribution in [0, 0.1) is 0 Å². The van der Waals surface area contributed by atoms with Crippen molar-refractivity contribution in [3.63, 3.8) is 0 Å². The van der Waals surface area contributed by atoms with Crippen LogP contribution >= 0.6 is 0 Å². The van der Waals surface area contributed by atoms with Gasteiger partial charge < -0.3 is 5.32 Å². The van der Waals surface area contributed by atoms with Crippen molar-refractivity contribution in [2.75, 3.05) is 0 Å². The van der Waals surface area contributed by atoms with E-state index in [9.17, 15) is 4.79 Å². The molecule has 1 unspecified atom stereocenters. The maximum atomic E-state index is 12.5. The molecule has 2 aromatic heterocycles. The molecular formula is C15H23N5O. The summed E-state index contributed by atoms with van der Waals surface area (Å²) in [5.41, 5.74) is 2.53. The molecule has 2 heterocycles. The number of amides is 1. The molecule has 0 saturated carbocycles. The van der Waals surface area contributed by atoms with Crippen molar-refractivity contribution >= 4 is 5.91 Å². The van der Waals surface area contributed by atoms with Crippen molar-refractivity contribution in [2.45, 2.75) is 39.2 Å². The molecule has 6 nitrogen and oxygen atoms in total. The van der Waals surface area contributed by atoms with Crippen molar-refractivity contribution in [1.82, 2.24) is 24.9 Å². The predicted molar refractivity (Wildman–Crippen MR) is 81.0 cm³/mol. The van der Waals surface area contributed by atoms with E-state index >= 15 is 0 Å². The molecule has 114 valence electrons. The first-order valence-electron chi connectivity index (χ1n) is 7.25. The normalized spacial score (nSPS) is 12.7. The smallest absolute Gasteiger partial charge is 0.270 e. The highest BCUT2D eigenvalue weighted by atomic mass is 16.2. The largest absolute Gasteiger partial charge is 0.344 e. The lowest BCUT2D eigenvalue weighted by molar-refractivity contribution is 0.0926. The molecule has 0 fully saturated rings. The fourth-order valence-corrected chi connectivity index (χ4v) is 2.26. The minimum Gasteiger partial charge on any atom is -0.344 e. The Bertz CT molecular complexity index is 626. The second-order valence-electron chi connectivity index (χ2n) is 5.61. The molecule has 1 atom stereocenters. The lowest BCUT2D eigenvalue weighted by Crippen LogP contribution is -2.29. The Morgan fingerprint density at radius 3 is 2.57 bits per heavy atom. The van der Waals surface area contributed by atoms with Crippen LogP contribution in [0.4, 0.5) is 0 Å². The van der Waals surface area contributed by atoms with Crippen molar-refractivity contribution in [3.05, 3.63) is 35.4 Å². The van der Waals surface area contributed by atoms with Gasteiger partial charge in [0.05, 0.1) is 17.9 Å². The van der Waals surface area contributed by atoms with E-state index in [2.05, 4.69) is 29.4 Å². The minimum absolute atomic E-state index is 0.0383. The van der Waals surface area contributed by atoms with Gasteiger partial charge in [0.2, 0.25) is 0 Å². The number of nitrogens with zero attached hydrogens (tertiary/aromatic N) is 4. The van der Waals surface area contributed by atoms with Gasteiger partial charge in [-0.1, -0.05) is 20.8 Å². The molecule has 2 rings (SSSR count). The van der Waals surface area contributed by atoms with Gasteiger partial charge in [-0.15, -0.1) is 0 Å². The zero-order valence-electron chi connectivity index (χ0n) is 13.3. The third kappa shape index (κ3) is 3.32. The second kappa shape index (κ2) is 6.11. The quantitative estimate of drug-likeness (QED) is 0.917. The summed E-state index contributed by atoms with van der Waals surface area (Å²) in [6.45, 7) is 6.17. The zero-order chi connectivity index (χ0) is 15.6. The van der Waals surface area contributed by atoms with Crippen LogP contribution in [0.2, 0.25) is 0 Å². The van der Waals surface area contributed by atoms with Crippen LogP contribution in [-0.2, 0) is 14.1 Å². The Balaban J connectivity index is 2.16. The van der Waals surface area contributed by atoms with Crippen LogP contribution < -0.4 is 5.32 Å². The number of rotatable bonds is 5. The number of nitrogens with one attached hydrogen (secondary N) is 1. The van der Waals surface area contributed by atoms with E-state index in [0.717, 1.165) is 17.7 Å². The number of hydrogen-bond donors (Lipinski definition) is 1. The van der Waals surface area contributed by atoms with Crippen molar-refractivity contribution in [3.8, 4) is 0 Å². The first-order valence-corrected chi connectivity index (χ1v) is 7.25. The number of carbonyl (C=O) groups is 1. The number of carbonyl (C=O) groups excluding carboxylic acids is 1. The van der Waals surface area contributed by atoms with Gasteiger partial charge in [0.25, 0.3) is 5.91 Å². The Morgan fingerprint density at radius 1 is 1.38 bits per heavy atom. The Kier molecular flexibility index (Phi) is 4.45. The molecule has 0 radical (unpaired) electrons. The van der Waals surface area contributed by atoms with Crippen molar-refractivity contribution < 1.29 is 4.79 Å². The van der Waals surface area contributed by atoms with Crippen LogP contribution in [0.15, 0.2) is 18.5 Å². The van der Waals surface area contributed by atoms with Gasteiger partial charge >= 0.3 is 0 Å². The molecule has 0 aliphatic rings. The van der Waals surface area contributed by atoms with E-state index in [1.807, 2.05) is 26.2 Å². The van der Waals surface area contributed by atoms with Crippen LogP contribution in [0.25, 0.3) is 0 Å². The Hall–Kier alpha value is -2.11. The summed E-state index contributed by atoms with van der Waals surface area (Å²) < 4.78 is 3.38. The molecule has 0 saturated heterocycles. The Morgan fingerprint density at radius 2 is 2.10 bits per heavy atom. The first-order chi connectivity index (χ1) is 9.92. The number of aromatic nitrogens is 4. The van der Waals surface area contributed by atoms with Crippen LogP contribution in [0.5, 0.6) is 0 Å². The fourth-order valence-electron chi connectivity index (χ4n) is 2.26. The summed E-state index contributed by atoms with van der Waals surface area (Å²) in [6, 6.07) is 1.82. The zero-order valence-corrected chi connectivity index (χ0v) is 13.3. The summed E-state index contributed by atoms with van der Waals surface area (Å²) in [5.74, 6) is 0.200. The standard InChI is InChI=1S/C15H23N5O/c1-6-12(11-8-16-19(4)9-11)17-15(21)14-7-13(10(2)3)18-20(14)5/h7-10,12H,6H2,1-5H3,(H,17,21). The third-order valence-electron chi connectivity index (χ3n) is 3.56. The highest BCUT2D eigenvalue weighted by molar-refractivity contribution is 5.93. The lowest BCUT2D eigenvalue weighted by Gasteiger charge is -2.15. The van der Waals surface area contributed by atoms with Gasteiger partial charge in [0.1, 0.15) is 5.69 Å².